The van der Waals surface area contributed by atoms with Gasteiger partial charge in [-0.05, 0) is 42.2 Å². The van der Waals surface area contributed by atoms with E-state index in [1.54, 1.807) is 0 Å². The van der Waals surface area contributed by atoms with Gasteiger partial charge in [-0.25, -0.2) is 13.2 Å². The molecular formula is C15H17F3N4S. The van der Waals surface area contributed by atoms with Gasteiger partial charge in [0.25, 0.3) is 0 Å². The second-order valence-corrected chi connectivity index (χ2v) is 6.15. The summed E-state index contributed by atoms with van der Waals surface area (Å²) in [6.45, 7) is 4.10. The van der Waals surface area contributed by atoms with E-state index in [-0.39, 0.29) is 12.1 Å². The van der Waals surface area contributed by atoms with E-state index in [0.29, 0.717) is 12.1 Å². The molecule has 2 atom stereocenters. The Labute approximate surface area is 136 Å². The van der Waals surface area contributed by atoms with Crippen LogP contribution >= 0.6 is 11.5 Å². The van der Waals surface area contributed by atoms with E-state index in [4.69, 9.17) is 0 Å². The molecule has 4 nitrogen and oxygen atoms in total. The molecule has 23 heavy (non-hydrogen) atoms. The molecule has 2 heterocycles. The van der Waals surface area contributed by atoms with Crippen LogP contribution in [0.15, 0.2) is 17.5 Å². The van der Waals surface area contributed by atoms with Crippen LogP contribution in [-0.4, -0.2) is 33.6 Å². The second kappa shape index (κ2) is 6.94. The van der Waals surface area contributed by atoms with Crippen molar-refractivity contribution >= 4 is 11.5 Å². The minimum absolute atomic E-state index is 0.0147. The average Bonchev–Trinajstić information content (AvgIpc) is 3.18. The van der Waals surface area contributed by atoms with E-state index in [0.717, 1.165) is 37.3 Å². The number of rotatable bonds is 5. The van der Waals surface area contributed by atoms with Crippen molar-refractivity contribution in [1.82, 2.24) is 19.8 Å². The lowest BCUT2D eigenvalue weighted by Crippen LogP contribution is -2.36. The van der Waals surface area contributed by atoms with Gasteiger partial charge in [0.2, 0.25) is 0 Å². The second-order valence-electron chi connectivity index (χ2n) is 5.54. The summed E-state index contributed by atoms with van der Waals surface area (Å²) in [7, 11) is 0. The van der Waals surface area contributed by atoms with Crippen LogP contribution in [0.3, 0.4) is 0 Å². The Morgan fingerprint density at radius 1 is 1.30 bits per heavy atom. The molecule has 1 fully saturated rings. The van der Waals surface area contributed by atoms with Gasteiger partial charge in [0.15, 0.2) is 17.5 Å². The van der Waals surface area contributed by atoms with Gasteiger partial charge in [0, 0.05) is 24.5 Å². The summed E-state index contributed by atoms with van der Waals surface area (Å²) in [5, 5.41) is 9.20. The monoisotopic (exact) mass is 342 g/mol. The molecule has 0 radical (unpaired) electrons. The fraction of sp³-hybridized carbons (Fsp3) is 0.467. The van der Waals surface area contributed by atoms with E-state index < -0.39 is 17.5 Å². The van der Waals surface area contributed by atoms with E-state index in [2.05, 4.69) is 19.8 Å². The van der Waals surface area contributed by atoms with Crippen molar-refractivity contribution < 1.29 is 13.2 Å². The molecule has 0 saturated carbocycles. The SMILES string of the molecule is CCN1CC[C@H](NCc2csnn2)[C@@H]1c1cc(F)c(F)c(F)c1. The Hall–Kier alpha value is -1.51. The molecule has 0 bridgehead atoms. The topological polar surface area (TPSA) is 41.0 Å². The van der Waals surface area contributed by atoms with E-state index in [9.17, 15) is 13.2 Å². The highest BCUT2D eigenvalue weighted by Gasteiger charge is 2.35. The average molecular weight is 342 g/mol. The van der Waals surface area contributed by atoms with Crippen molar-refractivity contribution in [3.63, 3.8) is 0 Å². The number of halogens is 3. The number of likely N-dealkylation sites (N-methyl/N-ethyl adjacent to an activating group) is 1. The Balaban J connectivity index is 1.82. The lowest BCUT2D eigenvalue weighted by molar-refractivity contribution is 0.246. The van der Waals surface area contributed by atoms with E-state index in [1.165, 1.54) is 11.5 Å². The fourth-order valence-electron chi connectivity index (χ4n) is 3.11. The maximum absolute atomic E-state index is 13.6. The van der Waals surface area contributed by atoms with Crippen molar-refractivity contribution in [3.05, 3.63) is 46.2 Å². The predicted octanol–water partition coefficient (Wildman–Crippen LogP) is 2.88. The van der Waals surface area contributed by atoms with Crippen LogP contribution in [0.25, 0.3) is 0 Å². The minimum atomic E-state index is -1.42. The molecule has 1 aromatic heterocycles. The van der Waals surface area contributed by atoms with Crippen LogP contribution in [0.5, 0.6) is 0 Å². The first-order valence-corrected chi connectivity index (χ1v) is 8.31. The third-order valence-electron chi connectivity index (χ3n) is 4.21. The van der Waals surface area contributed by atoms with Crippen molar-refractivity contribution in [3.8, 4) is 0 Å². The molecule has 8 heteroatoms. The minimum Gasteiger partial charge on any atom is -0.306 e. The van der Waals surface area contributed by atoms with Crippen molar-refractivity contribution in [2.75, 3.05) is 13.1 Å². The number of hydrogen-bond donors (Lipinski definition) is 1. The summed E-state index contributed by atoms with van der Waals surface area (Å²) in [5.74, 6) is -3.72. The van der Waals surface area contributed by atoms with Crippen LogP contribution in [0.2, 0.25) is 0 Å². The molecule has 2 aromatic rings. The zero-order chi connectivity index (χ0) is 16.4. The molecule has 1 aliphatic rings. The number of benzene rings is 1. The van der Waals surface area contributed by atoms with E-state index >= 15 is 0 Å². The zero-order valence-corrected chi connectivity index (χ0v) is 13.4. The van der Waals surface area contributed by atoms with Gasteiger partial charge < -0.3 is 5.32 Å². The summed E-state index contributed by atoms with van der Waals surface area (Å²) >= 11 is 1.28. The maximum atomic E-state index is 13.6. The molecule has 0 unspecified atom stereocenters. The Kier molecular flexibility index (Phi) is 4.93. The molecular weight excluding hydrogens is 325 g/mol. The standard InChI is InChI=1S/C15H17F3N4S/c1-2-22-4-3-13(19-7-10-8-23-21-20-10)15(22)9-5-11(16)14(18)12(17)6-9/h5-6,8,13,15,19H,2-4,7H2,1H3/t13-,15-/m0/s1. The molecule has 0 spiro atoms. The third kappa shape index (κ3) is 3.39. The van der Waals surface area contributed by atoms with Crippen LogP contribution in [0.4, 0.5) is 13.2 Å². The number of nitrogens with one attached hydrogen (secondary N) is 1. The number of aromatic nitrogens is 2. The number of likely N-dealkylation sites (tertiary alicyclic amines) is 1. The highest BCUT2D eigenvalue weighted by Crippen LogP contribution is 2.33. The summed E-state index contributed by atoms with van der Waals surface area (Å²) in [6, 6.07) is 2.00. The predicted molar refractivity (Wildman–Crippen MR) is 81.5 cm³/mol. The highest BCUT2D eigenvalue weighted by atomic mass is 32.1. The highest BCUT2D eigenvalue weighted by molar-refractivity contribution is 7.03. The first kappa shape index (κ1) is 16.4. The van der Waals surface area contributed by atoms with Gasteiger partial charge in [0.1, 0.15) is 0 Å². The van der Waals surface area contributed by atoms with Gasteiger partial charge in [-0.1, -0.05) is 11.4 Å². The maximum Gasteiger partial charge on any atom is 0.194 e. The summed E-state index contributed by atoms with van der Waals surface area (Å²) in [4.78, 5) is 2.13. The third-order valence-corrected chi connectivity index (χ3v) is 4.76. The molecule has 1 N–H and O–H groups in total. The first-order chi connectivity index (χ1) is 11.1. The molecule has 3 rings (SSSR count). The van der Waals surface area contributed by atoms with Crippen LogP contribution in [-0.2, 0) is 6.54 Å². The molecule has 1 saturated heterocycles. The van der Waals surface area contributed by atoms with Crippen molar-refractivity contribution in [1.29, 1.82) is 0 Å². The van der Waals surface area contributed by atoms with Crippen molar-refractivity contribution in [2.24, 2.45) is 0 Å². The Morgan fingerprint density at radius 2 is 2.04 bits per heavy atom. The molecule has 0 aliphatic carbocycles. The van der Waals surface area contributed by atoms with Gasteiger partial charge >= 0.3 is 0 Å². The normalized spacial score (nSPS) is 21.9. The Morgan fingerprint density at radius 3 is 2.65 bits per heavy atom. The summed E-state index contributed by atoms with van der Waals surface area (Å²) in [5.41, 5.74) is 1.29. The van der Waals surface area contributed by atoms with Gasteiger partial charge in [-0.3, -0.25) is 4.90 Å². The zero-order valence-electron chi connectivity index (χ0n) is 12.6. The molecule has 0 amide bonds. The van der Waals surface area contributed by atoms with Gasteiger partial charge in [-0.2, -0.15) is 0 Å². The fourth-order valence-corrected chi connectivity index (χ4v) is 3.56. The van der Waals surface area contributed by atoms with Crippen LogP contribution in [0.1, 0.15) is 30.6 Å². The quantitative estimate of drug-likeness (QED) is 0.849. The number of nitrogens with zero attached hydrogens (tertiary/aromatic N) is 3. The molecule has 124 valence electrons. The summed E-state index contributed by atoms with van der Waals surface area (Å²) < 4.78 is 44.2. The van der Waals surface area contributed by atoms with Gasteiger partial charge in [-0.15, -0.1) is 5.10 Å². The molecule has 1 aliphatic heterocycles. The largest absolute Gasteiger partial charge is 0.306 e. The summed E-state index contributed by atoms with van der Waals surface area (Å²) in [6.07, 6.45) is 0.844. The lowest BCUT2D eigenvalue weighted by Gasteiger charge is -2.28. The molecule has 1 aromatic carbocycles. The number of hydrogen-bond acceptors (Lipinski definition) is 5. The lowest BCUT2D eigenvalue weighted by atomic mass is 9.99. The van der Waals surface area contributed by atoms with Gasteiger partial charge in [0.05, 0.1) is 11.7 Å². The van der Waals surface area contributed by atoms with E-state index in [1.807, 2.05) is 12.3 Å². The Bertz CT molecular complexity index is 642. The van der Waals surface area contributed by atoms with Crippen molar-refractivity contribution in [2.45, 2.75) is 32.0 Å². The smallest absolute Gasteiger partial charge is 0.194 e. The first-order valence-electron chi connectivity index (χ1n) is 7.48. The van der Waals surface area contributed by atoms with Crippen LogP contribution in [0, 0.1) is 17.5 Å². The van der Waals surface area contributed by atoms with Crippen LogP contribution < -0.4 is 5.32 Å².